The van der Waals surface area contributed by atoms with Crippen LogP contribution in [0.4, 0.5) is 11.4 Å². The van der Waals surface area contributed by atoms with Gasteiger partial charge in [0.25, 0.3) is 10.0 Å². The third-order valence-electron chi connectivity index (χ3n) is 4.10. The average molecular weight is 330 g/mol. The van der Waals surface area contributed by atoms with Gasteiger partial charge in [0.1, 0.15) is 6.04 Å². The zero-order valence-electron chi connectivity index (χ0n) is 13.2. The molecule has 0 bridgehead atoms. The second-order valence-electron chi connectivity index (χ2n) is 5.68. The van der Waals surface area contributed by atoms with Gasteiger partial charge in [-0.3, -0.25) is 9.10 Å². The van der Waals surface area contributed by atoms with Crippen LogP contribution in [0.3, 0.4) is 0 Å². The Morgan fingerprint density at radius 3 is 2.13 bits per heavy atom. The van der Waals surface area contributed by atoms with Crippen LogP contribution in [0.25, 0.3) is 0 Å². The van der Waals surface area contributed by atoms with E-state index >= 15 is 0 Å². The normalized spacial score (nSPS) is 18.0. The first-order chi connectivity index (χ1) is 10.8. The summed E-state index contributed by atoms with van der Waals surface area (Å²) in [4.78, 5) is 14.1. The molecule has 2 aromatic rings. The number of para-hydroxylation sites is 2. The zero-order chi connectivity index (χ0) is 16.8. The van der Waals surface area contributed by atoms with Crippen molar-refractivity contribution < 1.29 is 13.2 Å². The molecule has 0 N–H and O–H groups in total. The molecular formula is C17H18N2O3S. The lowest BCUT2D eigenvalue weighted by atomic mass is 10.1. The largest absolute Gasteiger partial charge is 0.312 e. The Kier molecular flexibility index (Phi) is 3.64. The predicted octanol–water partition coefficient (Wildman–Crippen LogP) is 2.56. The van der Waals surface area contributed by atoms with Crippen molar-refractivity contribution in [2.75, 3.05) is 16.3 Å². The highest BCUT2D eigenvalue weighted by molar-refractivity contribution is 7.93. The number of sulfonamides is 1. The van der Waals surface area contributed by atoms with E-state index in [0.717, 1.165) is 5.56 Å². The summed E-state index contributed by atoms with van der Waals surface area (Å²) in [7, 11) is -2.15. The van der Waals surface area contributed by atoms with E-state index in [2.05, 4.69) is 0 Å². The molecule has 1 heterocycles. The quantitative estimate of drug-likeness (QED) is 0.850. The molecule has 1 amide bonds. The van der Waals surface area contributed by atoms with Crippen LogP contribution in [-0.4, -0.2) is 27.4 Å². The lowest BCUT2D eigenvalue weighted by Gasteiger charge is -2.39. The molecule has 0 aromatic heterocycles. The molecule has 0 aliphatic carbocycles. The first-order valence-corrected chi connectivity index (χ1v) is 8.76. The van der Waals surface area contributed by atoms with Crippen molar-refractivity contribution in [2.24, 2.45) is 0 Å². The smallest absolute Gasteiger partial charge is 0.265 e. The molecule has 1 aliphatic rings. The third-order valence-corrected chi connectivity index (χ3v) is 6.00. The minimum absolute atomic E-state index is 0.183. The molecule has 23 heavy (non-hydrogen) atoms. The first-order valence-electron chi connectivity index (χ1n) is 7.32. The number of amides is 1. The summed E-state index contributed by atoms with van der Waals surface area (Å²) in [5, 5.41) is 0. The maximum Gasteiger partial charge on any atom is 0.265 e. The summed E-state index contributed by atoms with van der Waals surface area (Å²) in [6.45, 7) is 3.51. The molecule has 0 radical (unpaired) electrons. The molecule has 2 aromatic carbocycles. The number of carbonyl (C=O) groups excluding carboxylic acids is 1. The lowest BCUT2D eigenvalue weighted by molar-refractivity contribution is -0.119. The number of anilines is 2. The number of nitrogens with zero attached hydrogens (tertiary/aromatic N) is 2. The van der Waals surface area contributed by atoms with Gasteiger partial charge in [0.2, 0.25) is 5.91 Å². The molecule has 0 saturated heterocycles. The Balaban J connectivity index is 2.19. The van der Waals surface area contributed by atoms with Crippen LogP contribution in [-0.2, 0) is 14.8 Å². The van der Waals surface area contributed by atoms with E-state index < -0.39 is 16.1 Å². The lowest BCUT2D eigenvalue weighted by Crippen LogP contribution is -2.52. The SMILES string of the molecule is Cc1ccc(S(=O)(=O)N2c3ccccc3N(C)C(=O)[C@@H]2C)cc1. The van der Waals surface area contributed by atoms with E-state index in [4.69, 9.17) is 0 Å². The van der Waals surface area contributed by atoms with E-state index in [1.165, 1.54) is 9.21 Å². The second kappa shape index (κ2) is 5.38. The molecule has 120 valence electrons. The summed E-state index contributed by atoms with van der Waals surface area (Å²) in [6.07, 6.45) is 0. The number of aryl methyl sites for hydroxylation is 1. The van der Waals surface area contributed by atoms with Gasteiger partial charge in [0, 0.05) is 7.05 Å². The first kappa shape index (κ1) is 15.6. The second-order valence-corrected chi connectivity index (χ2v) is 7.49. The maximum atomic E-state index is 13.1. The van der Waals surface area contributed by atoms with Gasteiger partial charge in [-0.05, 0) is 38.1 Å². The number of likely N-dealkylation sites (N-methyl/N-ethyl adjacent to an activating group) is 1. The van der Waals surface area contributed by atoms with Crippen LogP contribution < -0.4 is 9.21 Å². The molecule has 5 nitrogen and oxygen atoms in total. The maximum absolute atomic E-state index is 13.1. The van der Waals surface area contributed by atoms with Crippen molar-refractivity contribution in [3.8, 4) is 0 Å². The summed E-state index contributed by atoms with van der Waals surface area (Å²) >= 11 is 0. The van der Waals surface area contributed by atoms with Crippen molar-refractivity contribution >= 4 is 27.3 Å². The van der Waals surface area contributed by atoms with Crippen molar-refractivity contribution in [1.29, 1.82) is 0 Å². The average Bonchev–Trinajstić information content (AvgIpc) is 2.53. The number of fused-ring (bicyclic) bond motifs is 1. The Morgan fingerprint density at radius 2 is 1.52 bits per heavy atom. The zero-order valence-corrected chi connectivity index (χ0v) is 14.0. The fourth-order valence-corrected chi connectivity index (χ4v) is 4.43. The Labute approximate surface area is 136 Å². The van der Waals surface area contributed by atoms with Crippen molar-refractivity contribution in [2.45, 2.75) is 24.8 Å². The molecule has 0 fully saturated rings. The van der Waals surface area contributed by atoms with Gasteiger partial charge in [0.05, 0.1) is 16.3 Å². The van der Waals surface area contributed by atoms with E-state index in [1.54, 1.807) is 62.5 Å². The molecule has 0 unspecified atom stereocenters. The van der Waals surface area contributed by atoms with Gasteiger partial charge in [-0.25, -0.2) is 8.42 Å². The van der Waals surface area contributed by atoms with Gasteiger partial charge >= 0.3 is 0 Å². The topological polar surface area (TPSA) is 57.7 Å². The monoisotopic (exact) mass is 330 g/mol. The van der Waals surface area contributed by atoms with E-state index in [9.17, 15) is 13.2 Å². The molecule has 0 spiro atoms. The highest BCUT2D eigenvalue weighted by Crippen LogP contribution is 2.38. The molecule has 0 saturated carbocycles. The van der Waals surface area contributed by atoms with Crippen LogP contribution in [0.15, 0.2) is 53.4 Å². The third kappa shape index (κ3) is 2.39. The number of hydrogen-bond acceptors (Lipinski definition) is 3. The number of carbonyl (C=O) groups is 1. The number of hydrogen-bond donors (Lipinski definition) is 0. The van der Waals surface area contributed by atoms with Gasteiger partial charge in [-0.15, -0.1) is 0 Å². The summed E-state index contributed by atoms with van der Waals surface area (Å²) in [6, 6.07) is 12.9. The van der Waals surface area contributed by atoms with Crippen LogP contribution in [0.5, 0.6) is 0 Å². The van der Waals surface area contributed by atoms with E-state index in [0.29, 0.717) is 11.4 Å². The molecular weight excluding hydrogens is 312 g/mol. The molecule has 1 atom stereocenters. The number of benzene rings is 2. The molecule has 3 rings (SSSR count). The van der Waals surface area contributed by atoms with Gasteiger partial charge < -0.3 is 4.90 Å². The Bertz CT molecular complexity index is 860. The Hall–Kier alpha value is -2.34. The Morgan fingerprint density at radius 1 is 0.957 bits per heavy atom. The van der Waals surface area contributed by atoms with Gasteiger partial charge in [-0.2, -0.15) is 0 Å². The van der Waals surface area contributed by atoms with E-state index in [1.807, 2.05) is 6.92 Å². The molecule has 6 heteroatoms. The minimum Gasteiger partial charge on any atom is -0.312 e. The van der Waals surface area contributed by atoms with Crippen LogP contribution >= 0.6 is 0 Å². The fraction of sp³-hybridized carbons (Fsp3) is 0.235. The number of rotatable bonds is 2. The van der Waals surface area contributed by atoms with Crippen molar-refractivity contribution in [3.63, 3.8) is 0 Å². The highest BCUT2D eigenvalue weighted by atomic mass is 32.2. The highest BCUT2D eigenvalue weighted by Gasteiger charge is 2.40. The minimum atomic E-state index is -3.81. The summed E-state index contributed by atoms with van der Waals surface area (Å²) in [5.74, 6) is -0.251. The van der Waals surface area contributed by atoms with Gasteiger partial charge in [-0.1, -0.05) is 29.8 Å². The summed E-state index contributed by atoms with van der Waals surface area (Å²) < 4.78 is 27.4. The van der Waals surface area contributed by atoms with Crippen molar-refractivity contribution in [1.82, 2.24) is 0 Å². The van der Waals surface area contributed by atoms with Crippen LogP contribution in [0.1, 0.15) is 12.5 Å². The van der Waals surface area contributed by atoms with Crippen LogP contribution in [0.2, 0.25) is 0 Å². The van der Waals surface area contributed by atoms with Gasteiger partial charge in [0.15, 0.2) is 0 Å². The summed E-state index contributed by atoms with van der Waals surface area (Å²) in [5.41, 5.74) is 2.08. The molecule has 1 aliphatic heterocycles. The van der Waals surface area contributed by atoms with E-state index in [-0.39, 0.29) is 10.8 Å². The standard InChI is InChI=1S/C17H18N2O3S/c1-12-8-10-14(11-9-12)23(21,22)19-13(2)17(20)18(3)15-6-4-5-7-16(15)19/h4-11,13H,1-3H3/t13-/m0/s1. The fourth-order valence-electron chi connectivity index (χ4n) is 2.80. The van der Waals surface area contributed by atoms with Crippen molar-refractivity contribution in [3.05, 3.63) is 54.1 Å². The van der Waals surface area contributed by atoms with Crippen LogP contribution in [0, 0.1) is 6.92 Å². The predicted molar refractivity (Wildman–Crippen MR) is 90.2 cm³/mol.